The highest BCUT2D eigenvalue weighted by Crippen LogP contribution is 2.32. The van der Waals surface area contributed by atoms with Crippen molar-refractivity contribution in [1.29, 1.82) is 0 Å². The summed E-state index contributed by atoms with van der Waals surface area (Å²) in [5.74, 6) is 0. The van der Waals surface area contributed by atoms with Crippen LogP contribution < -0.4 is 5.56 Å². The van der Waals surface area contributed by atoms with Crippen molar-refractivity contribution in [1.82, 2.24) is 4.57 Å². The summed E-state index contributed by atoms with van der Waals surface area (Å²) < 4.78 is 1.70. The summed E-state index contributed by atoms with van der Waals surface area (Å²) in [5.41, 5.74) is 3.58. The molecule has 128 valence electrons. The van der Waals surface area contributed by atoms with Crippen LogP contribution in [-0.2, 0) is 13.5 Å². The summed E-state index contributed by atoms with van der Waals surface area (Å²) in [6.07, 6.45) is 0.931. The Hall–Kier alpha value is -2.78. The van der Waals surface area contributed by atoms with Gasteiger partial charge in [0.1, 0.15) is 0 Å². The van der Waals surface area contributed by atoms with E-state index in [4.69, 9.17) is 0 Å². The van der Waals surface area contributed by atoms with E-state index < -0.39 is 0 Å². The SMILES string of the molecule is Cn1c(=O)cc(Sc2ccc(Cc3ccccc3)cc2)c2ccccc21. The van der Waals surface area contributed by atoms with E-state index in [-0.39, 0.29) is 5.56 Å². The van der Waals surface area contributed by atoms with Crippen LogP contribution in [0.15, 0.2) is 99.5 Å². The highest BCUT2D eigenvalue weighted by atomic mass is 32.2. The van der Waals surface area contributed by atoms with Gasteiger partial charge in [0.25, 0.3) is 5.56 Å². The van der Waals surface area contributed by atoms with Crippen LogP contribution in [0.3, 0.4) is 0 Å². The maximum atomic E-state index is 12.3. The maximum absolute atomic E-state index is 12.3. The van der Waals surface area contributed by atoms with Crippen LogP contribution in [0.5, 0.6) is 0 Å². The number of hydrogen-bond donors (Lipinski definition) is 0. The Labute approximate surface area is 157 Å². The molecule has 0 amide bonds. The Bertz CT molecular complexity index is 1100. The van der Waals surface area contributed by atoms with Crippen molar-refractivity contribution in [3.05, 3.63) is 106 Å². The number of hydrogen-bond acceptors (Lipinski definition) is 2. The van der Waals surface area contributed by atoms with E-state index in [9.17, 15) is 4.79 Å². The van der Waals surface area contributed by atoms with Crippen LogP contribution in [0, 0.1) is 0 Å². The fourth-order valence-electron chi connectivity index (χ4n) is 3.10. The number of para-hydroxylation sites is 1. The van der Waals surface area contributed by atoms with Gasteiger partial charge in [-0.05, 0) is 35.7 Å². The number of aromatic nitrogens is 1. The van der Waals surface area contributed by atoms with Gasteiger partial charge in [-0.1, -0.05) is 72.4 Å². The first-order chi connectivity index (χ1) is 12.7. The second kappa shape index (κ2) is 7.22. The van der Waals surface area contributed by atoms with E-state index in [1.807, 2.05) is 31.3 Å². The third kappa shape index (κ3) is 3.44. The molecule has 3 aromatic carbocycles. The van der Waals surface area contributed by atoms with Crippen LogP contribution in [0.4, 0.5) is 0 Å². The molecule has 0 saturated carbocycles. The van der Waals surface area contributed by atoms with Crippen molar-refractivity contribution in [2.45, 2.75) is 16.2 Å². The quantitative estimate of drug-likeness (QED) is 0.496. The van der Waals surface area contributed by atoms with Crippen LogP contribution in [0.25, 0.3) is 10.9 Å². The Morgan fingerprint density at radius 3 is 2.23 bits per heavy atom. The largest absolute Gasteiger partial charge is 0.311 e. The molecule has 0 aliphatic carbocycles. The predicted molar refractivity (Wildman–Crippen MR) is 109 cm³/mol. The number of pyridine rings is 1. The molecule has 0 radical (unpaired) electrons. The summed E-state index contributed by atoms with van der Waals surface area (Å²) >= 11 is 1.64. The van der Waals surface area contributed by atoms with Gasteiger partial charge in [-0.15, -0.1) is 0 Å². The monoisotopic (exact) mass is 357 g/mol. The first-order valence-electron chi connectivity index (χ1n) is 8.60. The number of fused-ring (bicyclic) bond motifs is 1. The molecule has 2 nitrogen and oxygen atoms in total. The molecule has 3 heteroatoms. The summed E-state index contributed by atoms with van der Waals surface area (Å²) in [6, 6.07) is 28.8. The smallest absolute Gasteiger partial charge is 0.251 e. The van der Waals surface area contributed by atoms with Crippen molar-refractivity contribution < 1.29 is 0 Å². The molecule has 0 unspecified atom stereocenters. The number of aryl methyl sites for hydroxylation is 1. The van der Waals surface area contributed by atoms with Gasteiger partial charge in [0.15, 0.2) is 0 Å². The molecule has 4 aromatic rings. The standard InChI is InChI=1S/C23H19NOS/c1-24-21-10-6-5-9-20(21)22(16-23(24)25)26-19-13-11-18(12-14-19)15-17-7-3-2-4-8-17/h2-14,16H,15H2,1H3. The summed E-state index contributed by atoms with van der Waals surface area (Å²) in [5, 5.41) is 1.10. The Morgan fingerprint density at radius 1 is 0.808 bits per heavy atom. The van der Waals surface area contributed by atoms with Crippen molar-refractivity contribution in [3.8, 4) is 0 Å². The summed E-state index contributed by atoms with van der Waals surface area (Å²) in [6.45, 7) is 0. The second-order valence-corrected chi connectivity index (χ2v) is 7.45. The van der Waals surface area contributed by atoms with Crippen molar-refractivity contribution >= 4 is 22.7 Å². The molecule has 0 fully saturated rings. The van der Waals surface area contributed by atoms with Gasteiger partial charge in [-0.25, -0.2) is 0 Å². The average molecular weight is 357 g/mol. The van der Waals surface area contributed by atoms with E-state index in [0.29, 0.717) is 0 Å². The van der Waals surface area contributed by atoms with Crippen molar-refractivity contribution in [2.75, 3.05) is 0 Å². The molecule has 0 spiro atoms. The predicted octanol–water partition coefficient (Wildman–Crippen LogP) is 5.28. The zero-order valence-corrected chi connectivity index (χ0v) is 15.4. The van der Waals surface area contributed by atoms with E-state index in [1.165, 1.54) is 11.1 Å². The zero-order chi connectivity index (χ0) is 17.9. The maximum Gasteiger partial charge on any atom is 0.251 e. The molecule has 26 heavy (non-hydrogen) atoms. The van der Waals surface area contributed by atoms with Gasteiger partial charge in [-0.3, -0.25) is 4.79 Å². The van der Waals surface area contributed by atoms with Crippen molar-refractivity contribution in [2.24, 2.45) is 7.05 Å². The molecule has 0 atom stereocenters. The first-order valence-corrected chi connectivity index (χ1v) is 9.42. The van der Waals surface area contributed by atoms with E-state index in [2.05, 4.69) is 54.6 Å². The van der Waals surface area contributed by atoms with Crippen LogP contribution in [0.1, 0.15) is 11.1 Å². The normalized spacial score (nSPS) is 11.0. The molecule has 4 rings (SSSR count). The molecule has 1 aromatic heterocycles. The highest BCUT2D eigenvalue weighted by Gasteiger charge is 2.08. The minimum atomic E-state index is 0.0203. The van der Waals surface area contributed by atoms with Crippen LogP contribution in [-0.4, -0.2) is 4.57 Å². The van der Waals surface area contributed by atoms with Gasteiger partial charge in [0.05, 0.1) is 5.52 Å². The van der Waals surface area contributed by atoms with Gasteiger partial charge >= 0.3 is 0 Å². The fourth-order valence-corrected chi connectivity index (χ4v) is 4.07. The van der Waals surface area contributed by atoms with E-state index in [1.54, 1.807) is 22.4 Å². The Morgan fingerprint density at radius 2 is 1.46 bits per heavy atom. The zero-order valence-electron chi connectivity index (χ0n) is 14.6. The lowest BCUT2D eigenvalue weighted by molar-refractivity contribution is 0.898. The summed E-state index contributed by atoms with van der Waals surface area (Å²) in [7, 11) is 1.82. The highest BCUT2D eigenvalue weighted by molar-refractivity contribution is 7.99. The molecule has 0 N–H and O–H groups in total. The molecule has 0 bridgehead atoms. The molecular formula is C23H19NOS. The topological polar surface area (TPSA) is 22.0 Å². The van der Waals surface area contributed by atoms with E-state index in [0.717, 1.165) is 27.1 Å². The summed E-state index contributed by atoms with van der Waals surface area (Å²) in [4.78, 5) is 14.4. The van der Waals surface area contributed by atoms with Crippen LogP contribution in [0.2, 0.25) is 0 Å². The molecule has 1 heterocycles. The molecule has 0 saturated heterocycles. The number of benzene rings is 3. The molecule has 0 aliphatic rings. The Balaban J connectivity index is 1.61. The number of rotatable bonds is 4. The van der Waals surface area contributed by atoms with Crippen LogP contribution >= 0.6 is 11.8 Å². The lowest BCUT2D eigenvalue weighted by Gasteiger charge is -2.10. The van der Waals surface area contributed by atoms with Gasteiger partial charge in [-0.2, -0.15) is 0 Å². The van der Waals surface area contributed by atoms with Gasteiger partial charge in [0.2, 0.25) is 0 Å². The van der Waals surface area contributed by atoms with Gasteiger partial charge in [0, 0.05) is 28.3 Å². The third-order valence-corrected chi connectivity index (χ3v) is 5.58. The minimum Gasteiger partial charge on any atom is -0.311 e. The lowest BCUT2D eigenvalue weighted by atomic mass is 10.1. The average Bonchev–Trinajstić information content (AvgIpc) is 2.68. The van der Waals surface area contributed by atoms with E-state index >= 15 is 0 Å². The number of nitrogens with zero attached hydrogens (tertiary/aromatic N) is 1. The van der Waals surface area contributed by atoms with Crippen molar-refractivity contribution in [3.63, 3.8) is 0 Å². The first kappa shape index (κ1) is 16.7. The second-order valence-electron chi connectivity index (χ2n) is 6.33. The lowest BCUT2D eigenvalue weighted by Crippen LogP contribution is -2.15. The minimum absolute atomic E-state index is 0.0203. The van der Waals surface area contributed by atoms with Gasteiger partial charge < -0.3 is 4.57 Å². The molecular weight excluding hydrogens is 338 g/mol. The third-order valence-electron chi connectivity index (χ3n) is 4.52. The Kier molecular flexibility index (Phi) is 4.63. The molecule has 0 aliphatic heterocycles. The fraction of sp³-hybridized carbons (Fsp3) is 0.0870.